The van der Waals surface area contributed by atoms with E-state index < -0.39 is 5.97 Å². The summed E-state index contributed by atoms with van der Waals surface area (Å²) in [7, 11) is 0. The quantitative estimate of drug-likeness (QED) is 0.882. The van der Waals surface area contributed by atoms with Gasteiger partial charge in [-0.15, -0.1) is 0 Å². The zero-order chi connectivity index (χ0) is 17.8. The van der Waals surface area contributed by atoms with E-state index in [-0.39, 0.29) is 30.0 Å². The Balaban J connectivity index is 1.92. The van der Waals surface area contributed by atoms with Gasteiger partial charge in [-0.25, -0.2) is 9.78 Å². The SMILES string of the molecule is O=C1CC(c2ccccc2)N(C(=O)c2ccc(C(=O)O)nc2)CCN1. The minimum atomic E-state index is -1.15. The normalized spacial score (nSPS) is 17.5. The number of nitrogens with zero attached hydrogens (tertiary/aromatic N) is 2. The van der Waals surface area contributed by atoms with Crippen LogP contribution in [0.15, 0.2) is 48.7 Å². The second-order valence-electron chi connectivity index (χ2n) is 5.72. The Hall–Kier alpha value is -3.22. The van der Waals surface area contributed by atoms with E-state index in [1.54, 1.807) is 4.90 Å². The molecule has 1 aromatic carbocycles. The van der Waals surface area contributed by atoms with Crippen molar-refractivity contribution in [1.29, 1.82) is 0 Å². The number of hydrogen-bond donors (Lipinski definition) is 2. The lowest BCUT2D eigenvalue weighted by Gasteiger charge is -2.29. The minimum Gasteiger partial charge on any atom is -0.477 e. The first kappa shape index (κ1) is 16.6. The molecule has 0 radical (unpaired) electrons. The number of rotatable bonds is 3. The molecule has 1 atom stereocenters. The van der Waals surface area contributed by atoms with Crippen molar-refractivity contribution >= 4 is 17.8 Å². The van der Waals surface area contributed by atoms with Gasteiger partial charge in [-0.2, -0.15) is 0 Å². The molecule has 0 aliphatic carbocycles. The van der Waals surface area contributed by atoms with Gasteiger partial charge in [0.2, 0.25) is 5.91 Å². The zero-order valence-electron chi connectivity index (χ0n) is 13.4. The molecule has 3 rings (SSSR count). The number of hydrogen-bond acceptors (Lipinski definition) is 4. The molecule has 1 aliphatic rings. The highest BCUT2D eigenvalue weighted by Crippen LogP contribution is 2.27. The van der Waals surface area contributed by atoms with Gasteiger partial charge in [0, 0.05) is 19.3 Å². The average molecular weight is 339 g/mol. The first-order valence-corrected chi connectivity index (χ1v) is 7.88. The van der Waals surface area contributed by atoms with E-state index in [2.05, 4.69) is 10.3 Å². The molecule has 0 saturated carbocycles. The van der Waals surface area contributed by atoms with Crippen LogP contribution in [0.3, 0.4) is 0 Å². The van der Waals surface area contributed by atoms with Crippen LogP contribution in [0.4, 0.5) is 0 Å². The molecular weight excluding hydrogens is 322 g/mol. The average Bonchev–Trinajstić information content (AvgIpc) is 2.83. The fourth-order valence-electron chi connectivity index (χ4n) is 2.86. The lowest BCUT2D eigenvalue weighted by molar-refractivity contribution is -0.121. The molecule has 7 heteroatoms. The number of nitrogens with one attached hydrogen (secondary N) is 1. The predicted molar refractivity (Wildman–Crippen MR) is 89.0 cm³/mol. The molecule has 7 nitrogen and oxygen atoms in total. The first-order valence-electron chi connectivity index (χ1n) is 7.88. The van der Waals surface area contributed by atoms with Crippen molar-refractivity contribution < 1.29 is 19.5 Å². The number of amides is 2. The Morgan fingerprint density at radius 3 is 2.56 bits per heavy atom. The Morgan fingerprint density at radius 2 is 1.92 bits per heavy atom. The third-order valence-electron chi connectivity index (χ3n) is 4.10. The van der Waals surface area contributed by atoms with Gasteiger partial charge in [0.15, 0.2) is 0 Å². The lowest BCUT2D eigenvalue weighted by atomic mass is 10.0. The molecule has 2 N–H and O–H groups in total. The molecule has 0 bridgehead atoms. The zero-order valence-corrected chi connectivity index (χ0v) is 13.4. The molecule has 1 aliphatic heterocycles. The van der Waals surface area contributed by atoms with E-state index in [0.29, 0.717) is 18.7 Å². The predicted octanol–water partition coefficient (Wildman–Crippen LogP) is 1.48. The fourth-order valence-corrected chi connectivity index (χ4v) is 2.86. The summed E-state index contributed by atoms with van der Waals surface area (Å²) in [6.45, 7) is 0.735. The number of pyridine rings is 1. The highest BCUT2D eigenvalue weighted by atomic mass is 16.4. The van der Waals surface area contributed by atoms with Crippen LogP contribution in [0.25, 0.3) is 0 Å². The third-order valence-corrected chi connectivity index (χ3v) is 4.10. The second kappa shape index (κ2) is 7.12. The van der Waals surface area contributed by atoms with Gasteiger partial charge in [0.25, 0.3) is 5.91 Å². The minimum absolute atomic E-state index is 0.108. The van der Waals surface area contributed by atoms with Crippen LogP contribution in [0, 0.1) is 0 Å². The smallest absolute Gasteiger partial charge is 0.354 e. The highest BCUT2D eigenvalue weighted by molar-refractivity contribution is 5.95. The van der Waals surface area contributed by atoms with Crippen molar-refractivity contribution in [3.05, 3.63) is 65.5 Å². The van der Waals surface area contributed by atoms with E-state index in [0.717, 1.165) is 5.56 Å². The largest absolute Gasteiger partial charge is 0.477 e. The molecule has 1 fully saturated rings. The Morgan fingerprint density at radius 1 is 1.16 bits per heavy atom. The fraction of sp³-hybridized carbons (Fsp3) is 0.222. The number of benzene rings is 1. The molecule has 1 saturated heterocycles. The Bertz CT molecular complexity index is 790. The van der Waals surface area contributed by atoms with E-state index in [1.165, 1.54) is 18.3 Å². The van der Waals surface area contributed by atoms with Crippen LogP contribution in [-0.2, 0) is 4.79 Å². The van der Waals surface area contributed by atoms with Crippen LogP contribution in [-0.4, -0.2) is 45.9 Å². The molecular formula is C18H17N3O4. The summed E-state index contributed by atoms with van der Waals surface area (Å²) >= 11 is 0. The van der Waals surface area contributed by atoms with Gasteiger partial charge >= 0.3 is 5.97 Å². The van der Waals surface area contributed by atoms with Gasteiger partial charge < -0.3 is 15.3 Å². The monoisotopic (exact) mass is 339 g/mol. The van der Waals surface area contributed by atoms with Gasteiger partial charge in [-0.1, -0.05) is 30.3 Å². The second-order valence-corrected chi connectivity index (χ2v) is 5.72. The number of carbonyl (C=O) groups excluding carboxylic acids is 2. The molecule has 128 valence electrons. The summed E-state index contributed by atoms with van der Waals surface area (Å²) in [5.41, 5.74) is 1.05. The van der Waals surface area contributed by atoms with Crippen molar-refractivity contribution in [3.8, 4) is 0 Å². The molecule has 2 amide bonds. The van der Waals surface area contributed by atoms with Crippen molar-refractivity contribution in [2.24, 2.45) is 0 Å². The molecule has 25 heavy (non-hydrogen) atoms. The number of aromatic carboxylic acids is 1. The number of aromatic nitrogens is 1. The maximum atomic E-state index is 12.9. The molecule has 2 heterocycles. The van der Waals surface area contributed by atoms with Crippen LogP contribution in [0.5, 0.6) is 0 Å². The van der Waals surface area contributed by atoms with Crippen LogP contribution < -0.4 is 5.32 Å². The van der Waals surface area contributed by atoms with Crippen molar-refractivity contribution in [3.63, 3.8) is 0 Å². The van der Waals surface area contributed by atoms with E-state index in [4.69, 9.17) is 5.11 Å². The summed E-state index contributed by atoms with van der Waals surface area (Å²) in [6, 6.07) is 11.7. The topological polar surface area (TPSA) is 99.6 Å². The van der Waals surface area contributed by atoms with Gasteiger partial charge in [0.1, 0.15) is 5.69 Å². The molecule has 1 unspecified atom stereocenters. The number of carbonyl (C=O) groups is 3. The van der Waals surface area contributed by atoms with Gasteiger partial charge in [-0.3, -0.25) is 9.59 Å². The standard InChI is InChI=1S/C18H17N3O4/c22-16-10-15(12-4-2-1-3-5-12)21(9-8-19-16)17(23)13-6-7-14(18(24)25)20-11-13/h1-7,11,15H,8-10H2,(H,19,22)(H,24,25). The molecule has 0 spiro atoms. The van der Waals surface area contributed by atoms with Crippen LogP contribution >= 0.6 is 0 Å². The van der Waals surface area contributed by atoms with Crippen molar-refractivity contribution in [1.82, 2.24) is 15.2 Å². The number of carboxylic acids is 1. The van der Waals surface area contributed by atoms with Gasteiger partial charge in [0.05, 0.1) is 18.0 Å². The van der Waals surface area contributed by atoms with Crippen molar-refractivity contribution in [2.45, 2.75) is 12.5 Å². The molecule has 2 aromatic rings. The summed E-state index contributed by atoms with van der Waals surface area (Å²) in [5.74, 6) is -1.54. The van der Waals surface area contributed by atoms with E-state index >= 15 is 0 Å². The Kier molecular flexibility index (Phi) is 4.74. The number of carboxylic acid groups (broad SMARTS) is 1. The van der Waals surface area contributed by atoms with Crippen LogP contribution in [0.1, 0.15) is 38.9 Å². The first-order chi connectivity index (χ1) is 12.1. The lowest BCUT2D eigenvalue weighted by Crippen LogP contribution is -2.36. The molecule has 1 aromatic heterocycles. The Labute approximate surface area is 144 Å². The van der Waals surface area contributed by atoms with Crippen LogP contribution in [0.2, 0.25) is 0 Å². The maximum absolute atomic E-state index is 12.9. The van der Waals surface area contributed by atoms with Crippen molar-refractivity contribution in [2.75, 3.05) is 13.1 Å². The summed E-state index contributed by atoms with van der Waals surface area (Å²) in [4.78, 5) is 41.2. The van der Waals surface area contributed by atoms with Gasteiger partial charge in [-0.05, 0) is 17.7 Å². The maximum Gasteiger partial charge on any atom is 0.354 e. The summed E-state index contributed by atoms with van der Waals surface area (Å²) in [6.07, 6.45) is 1.43. The van der Waals surface area contributed by atoms with E-state index in [9.17, 15) is 14.4 Å². The van der Waals surface area contributed by atoms with E-state index in [1.807, 2.05) is 30.3 Å². The highest BCUT2D eigenvalue weighted by Gasteiger charge is 2.30. The summed E-state index contributed by atoms with van der Waals surface area (Å²) < 4.78 is 0. The summed E-state index contributed by atoms with van der Waals surface area (Å²) in [5, 5.41) is 11.7. The third kappa shape index (κ3) is 3.65.